The highest BCUT2D eigenvalue weighted by molar-refractivity contribution is 6.12. The molecule has 0 unspecified atom stereocenters. The Balaban J connectivity index is 0.989. The van der Waals surface area contributed by atoms with Crippen molar-refractivity contribution in [1.29, 1.82) is 0 Å². The van der Waals surface area contributed by atoms with Crippen molar-refractivity contribution in [3.05, 3.63) is 199 Å². The average Bonchev–Trinajstić information content (AvgIpc) is 3.79. The summed E-state index contributed by atoms with van der Waals surface area (Å²) in [5.74, 6) is 1.96. The second-order valence-electron chi connectivity index (χ2n) is 15.0. The Kier molecular flexibility index (Phi) is 7.86. The first-order chi connectivity index (χ1) is 28.6. The predicted octanol–water partition coefficient (Wildman–Crippen LogP) is 13.4. The highest BCUT2D eigenvalue weighted by Gasteiger charge is 2.19. The predicted molar refractivity (Wildman–Crippen MR) is 240 cm³/mol. The second-order valence-corrected chi connectivity index (χ2v) is 15.0. The van der Waals surface area contributed by atoms with Crippen molar-refractivity contribution in [3.8, 4) is 56.7 Å². The molecular formula is C53H37N5. The summed E-state index contributed by atoms with van der Waals surface area (Å²) in [6.45, 7) is 4.46. The van der Waals surface area contributed by atoms with Crippen molar-refractivity contribution in [2.24, 2.45) is 0 Å². The summed E-state index contributed by atoms with van der Waals surface area (Å²) in [5.41, 5.74) is 14.8. The van der Waals surface area contributed by atoms with Gasteiger partial charge in [0.15, 0.2) is 17.5 Å². The number of hydrogen-bond donors (Lipinski definition) is 0. The van der Waals surface area contributed by atoms with E-state index in [1.807, 2.05) is 60.7 Å². The summed E-state index contributed by atoms with van der Waals surface area (Å²) in [6, 6.07) is 66.5. The zero-order valence-corrected chi connectivity index (χ0v) is 32.1. The van der Waals surface area contributed by atoms with Crippen LogP contribution in [0.3, 0.4) is 0 Å². The largest absolute Gasteiger partial charge is 0.309 e. The summed E-state index contributed by atoms with van der Waals surface area (Å²) in [4.78, 5) is 14.7. The monoisotopic (exact) mass is 743 g/mol. The number of para-hydroxylation sites is 3. The zero-order chi connectivity index (χ0) is 38.7. The van der Waals surface area contributed by atoms with Crippen LogP contribution in [0.5, 0.6) is 0 Å². The Labute approximate surface area is 336 Å². The minimum atomic E-state index is 0.648. The smallest absolute Gasteiger partial charge is 0.164 e. The van der Waals surface area contributed by atoms with E-state index in [2.05, 4.69) is 150 Å². The first-order valence-electron chi connectivity index (χ1n) is 19.7. The molecule has 0 aliphatic carbocycles. The van der Waals surface area contributed by atoms with E-state index in [1.54, 1.807) is 0 Å². The van der Waals surface area contributed by atoms with Gasteiger partial charge in [-0.3, -0.25) is 0 Å². The van der Waals surface area contributed by atoms with Crippen molar-refractivity contribution in [3.63, 3.8) is 0 Å². The fourth-order valence-corrected chi connectivity index (χ4v) is 8.77. The third-order valence-corrected chi connectivity index (χ3v) is 11.4. The molecule has 0 spiro atoms. The molecule has 58 heavy (non-hydrogen) atoms. The number of nitrogens with zero attached hydrogens (tertiary/aromatic N) is 5. The highest BCUT2D eigenvalue weighted by atomic mass is 15.0. The molecule has 0 saturated heterocycles. The summed E-state index contributed by atoms with van der Waals surface area (Å²) in [5, 5.41) is 5.00. The molecule has 0 fully saturated rings. The van der Waals surface area contributed by atoms with Crippen LogP contribution < -0.4 is 0 Å². The van der Waals surface area contributed by atoms with Crippen LogP contribution in [0.4, 0.5) is 0 Å². The summed E-state index contributed by atoms with van der Waals surface area (Å²) in [6.07, 6.45) is 0. The molecule has 11 rings (SSSR count). The summed E-state index contributed by atoms with van der Waals surface area (Å²) in [7, 11) is 0. The molecule has 0 bridgehead atoms. The van der Waals surface area contributed by atoms with Crippen molar-refractivity contribution >= 4 is 43.6 Å². The fraction of sp³-hybridized carbons (Fsp3) is 0.0377. The van der Waals surface area contributed by atoms with E-state index in [9.17, 15) is 0 Å². The minimum absolute atomic E-state index is 0.648. The number of hydrogen-bond acceptors (Lipinski definition) is 3. The van der Waals surface area contributed by atoms with E-state index in [4.69, 9.17) is 15.0 Å². The van der Waals surface area contributed by atoms with Crippen LogP contribution >= 0.6 is 0 Å². The number of fused-ring (bicyclic) bond motifs is 6. The van der Waals surface area contributed by atoms with Gasteiger partial charge in [0.25, 0.3) is 0 Å². The van der Waals surface area contributed by atoms with Gasteiger partial charge < -0.3 is 9.13 Å². The maximum absolute atomic E-state index is 4.94. The van der Waals surface area contributed by atoms with E-state index in [0.717, 1.165) is 27.9 Å². The fourth-order valence-electron chi connectivity index (χ4n) is 8.77. The van der Waals surface area contributed by atoms with Crippen LogP contribution in [0, 0.1) is 13.8 Å². The Morgan fingerprint density at radius 3 is 1.22 bits per heavy atom. The van der Waals surface area contributed by atoms with Crippen LogP contribution in [0.2, 0.25) is 0 Å². The molecule has 5 nitrogen and oxygen atoms in total. The Bertz CT molecular complexity index is 3210. The summed E-state index contributed by atoms with van der Waals surface area (Å²) >= 11 is 0. The third kappa shape index (κ3) is 5.51. The topological polar surface area (TPSA) is 48.5 Å². The molecule has 8 aromatic carbocycles. The van der Waals surface area contributed by atoms with Gasteiger partial charge in [-0.15, -0.1) is 0 Å². The zero-order valence-electron chi connectivity index (χ0n) is 32.1. The minimum Gasteiger partial charge on any atom is -0.309 e. The van der Waals surface area contributed by atoms with E-state index in [1.165, 1.54) is 66.0 Å². The molecule has 3 heterocycles. The Hall–Kier alpha value is -7.63. The van der Waals surface area contributed by atoms with Crippen LogP contribution in [-0.4, -0.2) is 24.1 Å². The number of aryl methyl sites for hydroxylation is 2. The Morgan fingerprint density at radius 2 is 0.707 bits per heavy atom. The number of aromatic nitrogens is 5. The van der Waals surface area contributed by atoms with E-state index >= 15 is 0 Å². The molecule has 0 N–H and O–H groups in total. The molecule has 5 heteroatoms. The molecule has 0 saturated carbocycles. The standard InChI is InChI=1S/C53H37N5/c1-34-31-40(36-25-27-39(28-26-36)53-55-51(37-15-5-3-6-16-37)54-52(56-53)38-17-7-4-8-18-38)32-35(2)50(34)58-48-24-14-11-21-44(48)45-33-41(29-30-49(45)58)57-46-22-12-9-19-42(46)43-20-10-13-23-47(43)57/h3-33H,1-2H3. The van der Waals surface area contributed by atoms with Crippen molar-refractivity contribution in [2.75, 3.05) is 0 Å². The lowest BCUT2D eigenvalue weighted by Gasteiger charge is -2.17. The molecule has 0 amide bonds. The highest BCUT2D eigenvalue weighted by Crippen LogP contribution is 2.39. The number of rotatable bonds is 6. The molecule has 11 aromatic rings. The lowest BCUT2D eigenvalue weighted by Crippen LogP contribution is -2.01. The normalized spacial score (nSPS) is 11.6. The van der Waals surface area contributed by atoms with E-state index in [0.29, 0.717) is 17.5 Å². The SMILES string of the molecule is Cc1cc(-c2ccc(-c3nc(-c4ccccc4)nc(-c4ccccc4)n3)cc2)cc(C)c1-n1c2ccccc2c2cc(-n3c4ccccc4c4ccccc43)ccc21. The average molecular weight is 744 g/mol. The van der Waals surface area contributed by atoms with Gasteiger partial charge in [-0.25, -0.2) is 15.0 Å². The molecule has 0 radical (unpaired) electrons. The van der Waals surface area contributed by atoms with Gasteiger partial charge in [-0.2, -0.15) is 0 Å². The van der Waals surface area contributed by atoms with Gasteiger partial charge in [0, 0.05) is 43.9 Å². The molecule has 0 atom stereocenters. The van der Waals surface area contributed by atoms with Gasteiger partial charge in [0.05, 0.1) is 27.8 Å². The Morgan fingerprint density at radius 1 is 0.310 bits per heavy atom. The van der Waals surface area contributed by atoms with Crippen LogP contribution in [0.1, 0.15) is 11.1 Å². The first kappa shape index (κ1) is 33.7. The van der Waals surface area contributed by atoms with Crippen molar-refractivity contribution < 1.29 is 0 Å². The first-order valence-corrected chi connectivity index (χ1v) is 19.7. The molecule has 3 aromatic heterocycles. The number of benzene rings is 8. The molecular weight excluding hydrogens is 707 g/mol. The van der Waals surface area contributed by atoms with E-state index in [-0.39, 0.29) is 0 Å². The quantitative estimate of drug-likeness (QED) is 0.170. The molecule has 274 valence electrons. The van der Waals surface area contributed by atoms with Gasteiger partial charge >= 0.3 is 0 Å². The molecule has 0 aliphatic rings. The third-order valence-electron chi connectivity index (χ3n) is 11.4. The van der Waals surface area contributed by atoms with Gasteiger partial charge in [0.2, 0.25) is 0 Å². The molecule has 0 aliphatic heterocycles. The maximum Gasteiger partial charge on any atom is 0.164 e. The second kappa shape index (κ2) is 13.5. The van der Waals surface area contributed by atoms with Crippen molar-refractivity contribution in [2.45, 2.75) is 13.8 Å². The van der Waals surface area contributed by atoms with Crippen molar-refractivity contribution in [1.82, 2.24) is 24.1 Å². The van der Waals surface area contributed by atoms with Gasteiger partial charge in [-0.05, 0) is 84.6 Å². The van der Waals surface area contributed by atoms with Gasteiger partial charge in [0.1, 0.15) is 0 Å². The lowest BCUT2D eigenvalue weighted by atomic mass is 9.97. The maximum atomic E-state index is 4.94. The van der Waals surface area contributed by atoms with Gasteiger partial charge in [-0.1, -0.05) is 140 Å². The van der Waals surface area contributed by atoms with Crippen LogP contribution in [0.15, 0.2) is 188 Å². The van der Waals surface area contributed by atoms with E-state index < -0.39 is 0 Å². The van der Waals surface area contributed by atoms with Crippen LogP contribution in [0.25, 0.3) is 100 Å². The lowest BCUT2D eigenvalue weighted by molar-refractivity contribution is 1.07. The summed E-state index contributed by atoms with van der Waals surface area (Å²) < 4.78 is 4.85. The van der Waals surface area contributed by atoms with Crippen LogP contribution in [-0.2, 0) is 0 Å².